The fourth-order valence-electron chi connectivity index (χ4n) is 1.93. The van der Waals surface area contributed by atoms with Crippen LogP contribution < -0.4 is 24.8 Å². The van der Waals surface area contributed by atoms with Gasteiger partial charge in [0.25, 0.3) is 5.91 Å². The molecule has 0 fully saturated rings. The summed E-state index contributed by atoms with van der Waals surface area (Å²) in [5.41, 5.74) is 5.24. The molecule has 0 aliphatic heterocycles. The third kappa shape index (κ3) is 8.37. The van der Waals surface area contributed by atoms with E-state index in [1.807, 2.05) is 31.3 Å². The Bertz CT molecular complexity index is 599. The summed E-state index contributed by atoms with van der Waals surface area (Å²) >= 11 is 2.22. The maximum atomic E-state index is 11.3. The van der Waals surface area contributed by atoms with Crippen LogP contribution in [0.5, 0.6) is 0 Å². The first-order chi connectivity index (χ1) is 9.82. The van der Waals surface area contributed by atoms with Crippen LogP contribution in [0.2, 0.25) is 13.1 Å². The number of allylic oxidation sites excluding steroid dienone is 4. The van der Waals surface area contributed by atoms with Crippen LogP contribution in [-0.2, 0) is 20.4 Å². The third-order valence-electron chi connectivity index (χ3n) is 3.44. The second-order valence-electron chi connectivity index (χ2n) is 5.42. The Morgan fingerprint density at radius 2 is 1.57 bits per heavy atom. The van der Waals surface area contributed by atoms with Gasteiger partial charge in [0.2, 0.25) is 0 Å². The molecule has 0 aromatic heterocycles. The molecule has 2 rings (SSSR count). The average molecular weight is 403 g/mol. The van der Waals surface area contributed by atoms with Crippen LogP contribution in [-0.4, -0.2) is 14.5 Å². The number of nitrogens with zero attached hydrogens (tertiary/aromatic N) is 1. The van der Waals surface area contributed by atoms with E-state index in [0.29, 0.717) is 5.56 Å². The van der Waals surface area contributed by atoms with Gasteiger partial charge in [0.05, 0.1) is 0 Å². The summed E-state index contributed by atoms with van der Waals surface area (Å²) in [6, 6.07) is 9.16. The summed E-state index contributed by atoms with van der Waals surface area (Å²) in [4.78, 5) is 11.3. The molecule has 1 aromatic rings. The van der Waals surface area contributed by atoms with Crippen molar-refractivity contribution in [3.05, 3.63) is 56.5 Å². The molecule has 0 atom stereocenters. The van der Waals surface area contributed by atoms with Gasteiger partial charge in [-0.3, -0.25) is 9.43 Å². The maximum absolute atomic E-state index is 11.3. The molecule has 123 valence electrons. The van der Waals surface area contributed by atoms with E-state index in [1.165, 1.54) is 17.6 Å². The molecule has 1 aromatic carbocycles. The SMILES string of the molecule is CC1=C(C)C(C)=[C]([Ti+2])C1.C[Si](C)=NC(=O)c1ccccc1.[Cl-].[Cl-]. The number of hydrogen-bond acceptors (Lipinski definition) is 1. The first-order valence-corrected chi connectivity index (χ1v) is 10.2. The predicted octanol–water partition coefficient (Wildman–Crippen LogP) is -1.10. The zero-order valence-electron chi connectivity index (χ0n) is 14.2. The van der Waals surface area contributed by atoms with E-state index in [4.69, 9.17) is 0 Å². The van der Waals surface area contributed by atoms with E-state index in [1.54, 1.807) is 21.6 Å². The molecule has 0 radical (unpaired) electrons. The average Bonchev–Trinajstić information content (AvgIpc) is 2.66. The van der Waals surface area contributed by atoms with Gasteiger partial charge >= 0.3 is 68.2 Å². The second kappa shape index (κ2) is 12.1. The topological polar surface area (TPSA) is 29.4 Å². The van der Waals surface area contributed by atoms with Crippen LogP contribution in [0.3, 0.4) is 0 Å². The number of amides is 1. The fourth-order valence-corrected chi connectivity index (χ4v) is 3.17. The van der Waals surface area contributed by atoms with Crippen LogP contribution in [0.4, 0.5) is 0 Å². The van der Waals surface area contributed by atoms with E-state index in [-0.39, 0.29) is 30.7 Å². The van der Waals surface area contributed by atoms with Crippen molar-refractivity contribution >= 4 is 14.5 Å². The molecular formula is C17H22Cl2NOSiTi. The summed E-state index contributed by atoms with van der Waals surface area (Å²) < 4.78 is 5.56. The molecular weight excluding hydrogens is 381 g/mol. The van der Waals surface area contributed by atoms with E-state index in [9.17, 15) is 4.79 Å². The molecule has 1 amide bonds. The van der Waals surface area contributed by atoms with Crippen LogP contribution in [0, 0.1) is 0 Å². The molecule has 0 bridgehead atoms. The molecule has 0 saturated heterocycles. The summed E-state index contributed by atoms with van der Waals surface area (Å²) in [5, 5.41) is 0. The minimum Gasteiger partial charge on any atom is -1.00 e. The zero-order valence-corrected chi connectivity index (χ0v) is 18.3. The van der Waals surface area contributed by atoms with E-state index < -0.39 is 8.59 Å². The minimum absolute atomic E-state index is 0. The van der Waals surface area contributed by atoms with Crippen LogP contribution in [0.1, 0.15) is 37.6 Å². The largest absolute Gasteiger partial charge is 1.00 e. The van der Waals surface area contributed by atoms with Gasteiger partial charge in [-0.15, -0.1) is 0 Å². The van der Waals surface area contributed by atoms with Gasteiger partial charge in [0.15, 0.2) is 0 Å². The molecule has 6 heteroatoms. The summed E-state index contributed by atoms with van der Waals surface area (Å²) in [7, 11) is -0.805. The number of hydrogen-bond donors (Lipinski definition) is 0. The summed E-state index contributed by atoms with van der Waals surface area (Å²) in [6.45, 7) is 10.6. The number of benzene rings is 1. The van der Waals surface area contributed by atoms with Gasteiger partial charge in [-0.2, -0.15) is 0 Å². The third-order valence-corrected chi connectivity index (χ3v) is 4.96. The molecule has 23 heavy (non-hydrogen) atoms. The Kier molecular flexibility index (Phi) is 13.1. The minimum atomic E-state index is -0.805. The van der Waals surface area contributed by atoms with Crippen molar-refractivity contribution in [2.24, 2.45) is 4.63 Å². The van der Waals surface area contributed by atoms with E-state index >= 15 is 0 Å². The molecule has 1 aliphatic carbocycles. The monoisotopic (exact) mass is 402 g/mol. The van der Waals surface area contributed by atoms with Crippen molar-refractivity contribution < 1.29 is 50.0 Å². The molecule has 0 unspecified atom stereocenters. The number of carbonyl (C=O) groups excluding carboxylic acids is 1. The molecule has 0 heterocycles. The number of halogens is 2. The second-order valence-corrected chi connectivity index (χ2v) is 8.48. The molecule has 1 aliphatic rings. The number of rotatable bonds is 1. The van der Waals surface area contributed by atoms with Crippen molar-refractivity contribution in [3.63, 3.8) is 0 Å². The van der Waals surface area contributed by atoms with Gasteiger partial charge in [0.1, 0.15) is 8.59 Å². The van der Waals surface area contributed by atoms with Crippen LogP contribution in [0.15, 0.2) is 55.6 Å². The Hall–Kier alpha value is -0.319. The first-order valence-electron chi connectivity index (χ1n) is 7.02. The summed E-state index contributed by atoms with van der Waals surface area (Å²) in [5.74, 6) is -0.0884. The van der Waals surface area contributed by atoms with Crippen LogP contribution in [0.25, 0.3) is 0 Å². The van der Waals surface area contributed by atoms with Crippen molar-refractivity contribution in [3.8, 4) is 0 Å². The molecule has 0 N–H and O–H groups in total. The van der Waals surface area contributed by atoms with Gasteiger partial charge in [-0.05, 0) is 25.2 Å². The zero-order chi connectivity index (χ0) is 16.0. The fraction of sp³-hybridized carbons (Fsp3) is 0.353. The van der Waals surface area contributed by atoms with Gasteiger partial charge < -0.3 is 24.8 Å². The van der Waals surface area contributed by atoms with Crippen molar-refractivity contribution in [2.75, 3.05) is 0 Å². The Labute approximate surface area is 165 Å². The Morgan fingerprint density at radius 3 is 1.87 bits per heavy atom. The normalized spacial score (nSPS) is 12.7. The summed E-state index contributed by atoms with van der Waals surface area (Å²) in [6.07, 6.45) is 1.21. The van der Waals surface area contributed by atoms with Crippen LogP contribution >= 0.6 is 0 Å². The maximum Gasteiger partial charge on any atom is 0.267 e. The predicted molar refractivity (Wildman–Crippen MR) is 86.4 cm³/mol. The smallest absolute Gasteiger partial charge is 0.267 e. The molecule has 0 spiro atoms. The Balaban J connectivity index is 0. The van der Waals surface area contributed by atoms with Gasteiger partial charge in [0, 0.05) is 5.56 Å². The van der Waals surface area contributed by atoms with Gasteiger partial charge in [-0.25, -0.2) is 0 Å². The van der Waals surface area contributed by atoms with E-state index in [2.05, 4.69) is 45.8 Å². The van der Waals surface area contributed by atoms with Crippen molar-refractivity contribution in [1.29, 1.82) is 0 Å². The quantitative estimate of drug-likeness (QED) is 0.548. The number of carbonyl (C=O) groups is 1. The Morgan fingerprint density at radius 1 is 1.04 bits per heavy atom. The van der Waals surface area contributed by atoms with Crippen molar-refractivity contribution in [1.82, 2.24) is 0 Å². The van der Waals surface area contributed by atoms with Gasteiger partial charge in [-0.1, -0.05) is 18.2 Å². The first kappa shape index (κ1) is 24.9. The molecule has 0 saturated carbocycles. The standard InChI is InChI=1S/C9H11NOSi.C8H11.2ClH.Ti/c1-12(2)10-9(11)8-6-4-3-5-7-8;1-6-4-5-7(2)8(6)3;;;/h3-7H,1-2H3;4H2,1-3H3;2*1H;/q;;;;+2/p-2. The molecule has 2 nitrogen and oxygen atoms in total. The van der Waals surface area contributed by atoms with E-state index in [0.717, 1.165) is 0 Å². The van der Waals surface area contributed by atoms with Crippen molar-refractivity contribution in [2.45, 2.75) is 40.3 Å².